The molecule has 0 heterocycles. The molecule has 0 atom stereocenters. The molecule has 7 heteroatoms. The van der Waals surface area contributed by atoms with Crippen LogP contribution in [-0.2, 0) is 19.7 Å². The van der Waals surface area contributed by atoms with Crippen molar-refractivity contribution in [3.05, 3.63) is 0 Å². The maximum Gasteiger partial charge on any atom is 0.151 e. The van der Waals surface area contributed by atoms with Gasteiger partial charge in [0, 0.05) is 12.7 Å². The lowest BCUT2D eigenvalue weighted by Crippen LogP contribution is -2.18. The van der Waals surface area contributed by atoms with Gasteiger partial charge in [-0.1, -0.05) is 0 Å². The van der Waals surface area contributed by atoms with Crippen molar-refractivity contribution in [2.75, 3.05) is 23.5 Å². The molecular weight excluding hydrogens is 238 g/mol. The van der Waals surface area contributed by atoms with Crippen LogP contribution in [0.2, 0.25) is 0 Å². The van der Waals surface area contributed by atoms with Crippen LogP contribution in [0.5, 0.6) is 0 Å². The van der Waals surface area contributed by atoms with Gasteiger partial charge in [-0.15, -0.1) is 0 Å². The molecule has 0 bridgehead atoms. The second kappa shape index (κ2) is 6.08. The molecule has 0 aliphatic carbocycles. The average molecular weight is 253 g/mol. The first kappa shape index (κ1) is 14.4. The standard InChI is InChI=1S/C8H15NO4S2/c1-14(10,11)7-8-15(12,13)6-4-2-3-5-9/h2-4,6-8H2,1H3. The molecule has 0 fully saturated rings. The summed E-state index contributed by atoms with van der Waals surface area (Å²) < 4.78 is 44.1. The summed E-state index contributed by atoms with van der Waals surface area (Å²) in [5.41, 5.74) is 0. The van der Waals surface area contributed by atoms with Crippen molar-refractivity contribution in [3.8, 4) is 6.07 Å². The van der Waals surface area contributed by atoms with Crippen molar-refractivity contribution in [2.24, 2.45) is 0 Å². The van der Waals surface area contributed by atoms with Crippen molar-refractivity contribution >= 4 is 19.7 Å². The number of nitrogens with zero attached hydrogens (tertiary/aromatic N) is 1. The normalized spacial score (nSPS) is 12.3. The molecule has 0 saturated heterocycles. The molecule has 0 rings (SSSR count). The summed E-state index contributed by atoms with van der Waals surface area (Å²) in [6.07, 6.45) is 2.30. The topological polar surface area (TPSA) is 92.1 Å². The molecule has 0 aromatic rings. The first-order valence-electron chi connectivity index (χ1n) is 4.52. The van der Waals surface area contributed by atoms with Gasteiger partial charge in [0.25, 0.3) is 0 Å². The summed E-state index contributed by atoms with van der Waals surface area (Å²) in [4.78, 5) is 0. The van der Waals surface area contributed by atoms with Crippen molar-refractivity contribution < 1.29 is 16.8 Å². The molecule has 0 aliphatic heterocycles. The van der Waals surface area contributed by atoms with Gasteiger partial charge in [0.2, 0.25) is 0 Å². The first-order valence-corrected chi connectivity index (χ1v) is 8.40. The van der Waals surface area contributed by atoms with E-state index in [1.165, 1.54) is 0 Å². The quantitative estimate of drug-likeness (QED) is 0.602. The van der Waals surface area contributed by atoms with Crippen molar-refractivity contribution in [3.63, 3.8) is 0 Å². The summed E-state index contributed by atoms with van der Waals surface area (Å²) in [5, 5.41) is 8.23. The third kappa shape index (κ3) is 9.69. The molecule has 0 aliphatic rings. The van der Waals surface area contributed by atoms with Gasteiger partial charge < -0.3 is 0 Å². The van der Waals surface area contributed by atoms with Gasteiger partial charge in [-0.25, -0.2) is 16.8 Å². The highest BCUT2D eigenvalue weighted by Crippen LogP contribution is 2.01. The first-order chi connectivity index (χ1) is 6.77. The lowest BCUT2D eigenvalue weighted by Gasteiger charge is -2.02. The number of sulfone groups is 2. The van der Waals surface area contributed by atoms with Crippen LogP contribution in [0.1, 0.15) is 19.3 Å². The van der Waals surface area contributed by atoms with Gasteiger partial charge in [-0.05, 0) is 12.8 Å². The number of hydrogen-bond donors (Lipinski definition) is 0. The lowest BCUT2D eigenvalue weighted by molar-refractivity contribution is 0.587. The highest BCUT2D eigenvalue weighted by Gasteiger charge is 2.13. The second-order valence-corrected chi connectivity index (χ2v) is 7.96. The van der Waals surface area contributed by atoms with Gasteiger partial charge in [0.1, 0.15) is 9.84 Å². The number of hydrogen-bond acceptors (Lipinski definition) is 5. The Labute approximate surface area is 90.9 Å². The highest BCUT2D eigenvalue weighted by atomic mass is 32.2. The van der Waals surface area contributed by atoms with E-state index in [-0.39, 0.29) is 17.3 Å². The zero-order chi connectivity index (χ0) is 11.9. The van der Waals surface area contributed by atoms with E-state index in [0.717, 1.165) is 6.26 Å². The summed E-state index contributed by atoms with van der Waals surface area (Å²) in [6, 6.07) is 1.92. The fourth-order valence-corrected chi connectivity index (χ4v) is 3.98. The SMILES string of the molecule is CS(=O)(=O)CCS(=O)(=O)CCCCC#N. The largest absolute Gasteiger partial charge is 0.229 e. The molecule has 0 amide bonds. The lowest BCUT2D eigenvalue weighted by atomic mass is 10.3. The van der Waals surface area contributed by atoms with Gasteiger partial charge in [-0.3, -0.25) is 0 Å². The van der Waals surface area contributed by atoms with Crippen molar-refractivity contribution in [1.29, 1.82) is 5.26 Å². The second-order valence-electron chi connectivity index (χ2n) is 3.40. The predicted octanol–water partition coefficient (Wildman–Crippen LogP) is 0.140. The smallest absolute Gasteiger partial charge is 0.151 e. The Kier molecular flexibility index (Phi) is 5.83. The van der Waals surface area contributed by atoms with Crippen LogP contribution in [0.25, 0.3) is 0 Å². The Morgan fingerprint density at radius 1 is 1.00 bits per heavy atom. The van der Waals surface area contributed by atoms with E-state index in [1.54, 1.807) is 0 Å². The van der Waals surface area contributed by atoms with Crippen LogP contribution in [0.15, 0.2) is 0 Å². The molecule has 0 aromatic heterocycles. The van der Waals surface area contributed by atoms with E-state index in [2.05, 4.69) is 0 Å². The third-order valence-electron chi connectivity index (χ3n) is 1.76. The molecule has 0 unspecified atom stereocenters. The van der Waals surface area contributed by atoms with Gasteiger partial charge in [-0.2, -0.15) is 5.26 Å². The molecular formula is C8H15NO4S2. The van der Waals surface area contributed by atoms with E-state index in [4.69, 9.17) is 5.26 Å². The Balaban J connectivity index is 3.95. The Bertz CT molecular complexity index is 416. The molecule has 15 heavy (non-hydrogen) atoms. The molecule has 0 aromatic carbocycles. The van der Waals surface area contributed by atoms with Crippen LogP contribution in [0, 0.1) is 11.3 Å². The molecule has 0 saturated carbocycles. The Morgan fingerprint density at radius 2 is 1.60 bits per heavy atom. The van der Waals surface area contributed by atoms with Gasteiger partial charge in [0.15, 0.2) is 9.84 Å². The average Bonchev–Trinajstić information content (AvgIpc) is 2.09. The van der Waals surface area contributed by atoms with Crippen molar-refractivity contribution in [1.82, 2.24) is 0 Å². The van der Waals surface area contributed by atoms with Crippen LogP contribution in [-0.4, -0.2) is 40.3 Å². The van der Waals surface area contributed by atoms with Crippen LogP contribution >= 0.6 is 0 Å². The summed E-state index contributed by atoms with van der Waals surface area (Å²) in [5.74, 6) is -0.684. The minimum Gasteiger partial charge on any atom is -0.229 e. The Hall–Kier alpha value is -0.610. The maximum atomic E-state index is 11.3. The fraction of sp³-hybridized carbons (Fsp3) is 0.875. The fourth-order valence-electron chi connectivity index (χ4n) is 0.906. The van der Waals surface area contributed by atoms with Gasteiger partial charge in [0.05, 0.1) is 23.3 Å². The molecule has 0 radical (unpaired) electrons. The highest BCUT2D eigenvalue weighted by molar-refractivity contribution is 7.94. The van der Waals surface area contributed by atoms with Gasteiger partial charge >= 0.3 is 0 Å². The van der Waals surface area contributed by atoms with Crippen LogP contribution in [0.4, 0.5) is 0 Å². The van der Waals surface area contributed by atoms with E-state index in [1.807, 2.05) is 6.07 Å². The molecule has 0 N–H and O–H groups in total. The monoisotopic (exact) mass is 253 g/mol. The summed E-state index contributed by atoms with van der Waals surface area (Å²) in [6.45, 7) is 0. The summed E-state index contributed by atoms with van der Waals surface area (Å²) in [7, 11) is -6.51. The molecule has 88 valence electrons. The maximum absolute atomic E-state index is 11.3. The van der Waals surface area contributed by atoms with E-state index in [0.29, 0.717) is 19.3 Å². The Morgan fingerprint density at radius 3 is 2.07 bits per heavy atom. The zero-order valence-corrected chi connectivity index (χ0v) is 10.3. The predicted molar refractivity (Wildman–Crippen MR) is 57.8 cm³/mol. The number of rotatable bonds is 7. The van der Waals surface area contributed by atoms with Crippen LogP contribution in [0.3, 0.4) is 0 Å². The summed E-state index contributed by atoms with van der Waals surface area (Å²) >= 11 is 0. The van der Waals surface area contributed by atoms with E-state index >= 15 is 0 Å². The van der Waals surface area contributed by atoms with Crippen molar-refractivity contribution in [2.45, 2.75) is 19.3 Å². The van der Waals surface area contributed by atoms with E-state index in [9.17, 15) is 16.8 Å². The minimum atomic E-state index is -3.28. The molecule has 5 nitrogen and oxygen atoms in total. The third-order valence-corrected chi connectivity index (χ3v) is 4.70. The zero-order valence-electron chi connectivity index (χ0n) is 8.64. The minimum absolute atomic E-state index is 0.0375. The molecule has 0 spiro atoms. The number of unbranched alkanes of at least 4 members (excludes halogenated alkanes) is 2. The number of nitriles is 1. The van der Waals surface area contributed by atoms with Crippen LogP contribution < -0.4 is 0 Å². The van der Waals surface area contributed by atoms with E-state index < -0.39 is 19.7 Å².